The molecule has 1 aliphatic heterocycles. The van der Waals surface area contributed by atoms with Crippen molar-refractivity contribution in [1.29, 1.82) is 0 Å². The van der Waals surface area contributed by atoms with E-state index < -0.39 is 0 Å². The molecule has 176 valence electrons. The van der Waals surface area contributed by atoms with Crippen LogP contribution < -0.4 is 4.90 Å². The molecule has 0 saturated carbocycles. The van der Waals surface area contributed by atoms with E-state index >= 15 is 0 Å². The number of hydrogen-bond donors (Lipinski definition) is 0. The van der Waals surface area contributed by atoms with E-state index in [2.05, 4.69) is 0 Å². The summed E-state index contributed by atoms with van der Waals surface area (Å²) in [5.41, 5.74) is 3.96. The fraction of sp³-hybridized carbons (Fsp3) is 0.444. The van der Waals surface area contributed by atoms with Gasteiger partial charge in [0.2, 0.25) is 11.8 Å². The van der Waals surface area contributed by atoms with Gasteiger partial charge in [-0.25, -0.2) is 0 Å². The summed E-state index contributed by atoms with van der Waals surface area (Å²) in [5.74, 6) is -0.385. The first-order chi connectivity index (χ1) is 15.9. The van der Waals surface area contributed by atoms with Crippen LogP contribution in [0.15, 0.2) is 48.5 Å². The number of aryl methyl sites for hydroxylation is 1. The SMILES string of the molecule is CCOC(=O)C1CCCN(C(=O)Cc2ccc(N(Cc3ccc(C)cc3)C(=O)CC)cc2)C1. The van der Waals surface area contributed by atoms with Gasteiger partial charge in [-0.05, 0) is 49.9 Å². The molecule has 1 heterocycles. The summed E-state index contributed by atoms with van der Waals surface area (Å²) < 4.78 is 5.13. The van der Waals surface area contributed by atoms with E-state index in [0.717, 1.165) is 29.7 Å². The van der Waals surface area contributed by atoms with Crippen LogP contribution in [0.2, 0.25) is 0 Å². The molecule has 1 aliphatic rings. The van der Waals surface area contributed by atoms with Crippen LogP contribution in [0, 0.1) is 12.8 Å². The van der Waals surface area contributed by atoms with E-state index in [1.54, 1.807) is 16.7 Å². The molecule has 0 spiro atoms. The second kappa shape index (κ2) is 11.6. The topological polar surface area (TPSA) is 66.9 Å². The molecule has 33 heavy (non-hydrogen) atoms. The summed E-state index contributed by atoms with van der Waals surface area (Å²) in [6.07, 6.45) is 2.26. The van der Waals surface area contributed by atoms with Gasteiger partial charge in [0.1, 0.15) is 0 Å². The summed E-state index contributed by atoms with van der Waals surface area (Å²) >= 11 is 0. The third-order valence-corrected chi connectivity index (χ3v) is 6.06. The zero-order chi connectivity index (χ0) is 23.8. The quantitative estimate of drug-likeness (QED) is 0.563. The van der Waals surface area contributed by atoms with Crippen LogP contribution in [0.3, 0.4) is 0 Å². The molecule has 1 atom stereocenters. The minimum Gasteiger partial charge on any atom is -0.466 e. The molecule has 0 aliphatic carbocycles. The van der Waals surface area contributed by atoms with Crippen molar-refractivity contribution in [1.82, 2.24) is 4.90 Å². The Balaban J connectivity index is 1.65. The Morgan fingerprint density at radius 1 is 1.00 bits per heavy atom. The standard InChI is InChI=1S/C27H34N2O4/c1-4-25(30)29(18-22-10-8-20(3)9-11-22)24-14-12-21(13-15-24)17-26(31)28-16-6-7-23(19-28)27(32)33-5-2/h8-15,23H,4-7,16-19H2,1-3H3. The smallest absolute Gasteiger partial charge is 0.310 e. The van der Waals surface area contributed by atoms with Crippen LogP contribution in [-0.2, 0) is 32.1 Å². The normalized spacial score (nSPS) is 15.7. The Morgan fingerprint density at radius 3 is 2.30 bits per heavy atom. The van der Waals surface area contributed by atoms with Gasteiger partial charge in [0.25, 0.3) is 0 Å². The first-order valence-electron chi connectivity index (χ1n) is 11.8. The second-order valence-corrected chi connectivity index (χ2v) is 8.59. The first kappa shape index (κ1) is 24.5. The van der Waals surface area contributed by atoms with Crippen molar-refractivity contribution in [3.63, 3.8) is 0 Å². The molecule has 1 fully saturated rings. The highest BCUT2D eigenvalue weighted by Gasteiger charge is 2.29. The van der Waals surface area contributed by atoms with Crippen LogP contribution in [-0.4, -0.2) is 42.4 Å². The number of ether oxygens (including phenoxy) is 1. The number of likely N-dealkylation sites (tertiary alicyclic amines) is 1. The number of rotatable bonds is 8. The van der Waals surface area contributed by atoms with E-state index in [4.69, 9.17) is 4.74 Å². The Labute approximate surface area is 196 Å². The molecule has 2 aromatic carbocycles. The lowest BCUT2D eigenvalue weighted by Crippen LogP contribution is -2.43. The van der Waals surface area contributed by atoms with E-state index in [1.165, 1.54) is 5.56 Å². The Morgan fingerprint density at radius 2 is 1.67 bits per heavy atom. The third-order valence-electron chi connectivity index (χ3n) is 6.06. The molecule has 6 nitrogen and oxygen atoms in total. The third kappa shape index (κ3) is 6.67. The fourth-order valence-corrected chi connectivity index (χ4v) is 4.13. The van der Waals surface area contributed by atoms with Gasteiger partial charge in [0.15, 0.2) is 0 Å². The summed E-state index contributed by atoms with van der Waals surface area (Å²) in [6.45, 7) is 7.65. The predicted molar refractivity (Wildman–Crippen MR) is 129 cm³/mol. The Hall–Kier alpha value is -3.15. The molecule has 0 aromatic heterocycles. The van der Waals surface area contributed by atoms with Gasteiger partial charge in [-0.2, -0.15) is 0 Å². The number of benzene rings is 2. The van der Waals surface area contributed by atoms with E-state index in [-0.39, 0.29) is 30.1 Å². The molecule has 3 rings (SSSR count). The zero-order valence-corrected chi connectivity index (χ0v) is 19.9. The number of carbonyl (C=O) groups excluding carboxylic acids is 3. The van der Waals surface area contributed by atoms with Crippen molar-refractivity contribution >= 4 is 23.5 Å². The fourth-order valence-electron chi connectivity index (χ4n) is 4.13. The molecule has 0 N–H and O–H groups in total. The molecule has 1 saturated heterocycles. The van der Waals surface area contributed by atoms with E-state index in [1.807, 2.05) is 62.4 Å². The lowest BCUT2D eigenvalue weighted by molar-refractivity contribution is -0.151. The van der Waals surface area contributed by atoms with Crippen molar-refractivity contribution in [2.45, 2.75) is 53.0 Å². The number of carbonyl (C=O) groups is 3. The molecule has 0 bridgehead atoms. The van der Waals surface area contributed by atoms with Crippen LogP contribution in [0.4, 0.5) is 5.69 Å². The Kier molecular flexibility index (Phi) is 8.64. The summed E-state index contributed by atoms with van der Waals surface area (Å²) in [6, 6.07) is 15.8. The lowest BCUT2D eigenvalue weighted by atomic mass is 9.97. The van der Waals surface area contributed by atoms with Crippen LogP contribution in [0.1, 0.15) is 49.8 Å². The van der Waals surface area contributed by atoms with Crippen molar-refractivity contribution in [3.8, 4) is 0 Å². The number of anilines is 1. The molecule has 2 amide bonds. The van der Waals surface area contributed by atoms with Crippen molar-refractivity contribution in [2.75, 3.05) is 24.6 Å². The van der Waals surface area contributed by atoms with Crippen LogP contribution in [0.25, 0.3) is 0 Å². The van der Waals surface area contributed by atoms with E-state index in [0.29, 0.717) is 32.7 Å². The molecule has 6 heteroatoms. The maximum atomic E-state index is 12.8. The first-order valence-corrected chi connectivity index (χ1v) is 11.8. The van der Waals surface area contributed by atoms with Crippen molar-refractivity contribution < 1.29 is 19.1 Å². The highest BCUT2D eigenvalue weighted by Crippen LogP contribution is 2.22. The van der Waals surface area contributed by atoms with Gasteiger partial charge in [0, 0.05) is 25.2 Å². The van der Waals surface area contributed by atoms with Crippen molar-refractivity contribution in [3.05, 3.63) is 65.2 Å². The average Bonchev–Trinajstić information content (AvgIpc) is 2.84. The number of amides is 2. The minimum atomic E-state index is -0.236. The van der Waals surface area contributed by atoms with Crippen LogP contribution in [0.5, 0.6) is 0 Å². The number of piperidine rings is 1. The minimum absolute atomic E-state index is 0.0119. The van der Waals surface area contributed by atoms with E-state index in [9.17, 15) is 14.4 Å². The predicted octanol–water partition coefficient (Wildman–Crippen LogP) is 4.28. The monoisotopic (exact) mass is 450 g/mol. The highest BCUT2D eigenvalue weighted by atomic mass is 16.5. The summed E-state index contributed by atoms with van der Waals surface area (Å²) in [4.78, 5) is 41.1. The highest BCUT2D eigenvalue weighted by molar-refractivity contribution is 5.93. The maximum Gasteiger partial charge on any atom is 0.310 e. The summed E-state index contributed by atoms with van der Waals surface area (Å²) in [5, 5.41) is 0. The molecule has 1 unspecified atom stereocenters. The molecule has 0 radical (unpaired) electrons. The Bertz CT molecular complexity index is 953. The largest absolute Gasteiger partial charge is 0.466 e. The second-order valence-electron chi connectivity index (χ2n) is 8.59. The average molecular weight is 451 g/mol. The summed E-state index contributed by atoms with van der Waals surface area (Å²) in [7, 11) is 0. The van der Waals surface area contributed by atoms with Gasteiger partial charge >= 0.3 is 5.97 Å². The van der Waals surface area contributed by atoms with Gasteiger partial charge in [0.05, 0.1) is 25.5 Å². The number of hydrogen-bond acceptors (Lipinski definition) is 4. The van der Waals surface area contributed by atoms with Gasteiger partial charge in [-0.3, -0.25) is 14.4 Å². The maximum absolute atomic E-state index is 12.8. The molecule has 2 aromatic rings. The number of nitrogens with zero attached hydrogens (tertiary/aromatic N) is 2. The van der Waals surface area contributed by atoms with Gasteiger partial charge in [-0.1, -0.05) is 48.9 Å². The van der Waals surface area contributed by atoms with Crippen molar-refractivity contribution in [2.24, 2.45) is 5.92 Å². The van der Waals surface area contributed by atoms with Gasteiger partial charge in [-0.15, -0.1) is 0 Å². The molecular formula is C27H34N2O4. The number of esters is 1. The van der Waals surface area contributed by atoms with Gasteiger partial charge < -0.3 is 14.5 Å². The zero-order valence-electron chi connectivity index (χ0n) is 19.9. The molecular weight excluding hydrogens is 416 g/mol. The van der Waals surface area contributed by atoms with Crippen LogP contribution >= 0.6 is 0 Å². The lowest BCUT2D eigenvalue weighted by Gasteiger charge is -2.31.